The van der Waals surface area contributed by atoms with Crippen LogP contribution in [0.3, 0.4) is 0 Å². The van der Waals surface area contributed by atoms with E-state index in [0.29, 0.717) is 0 Å². The minimum absolute atomic E-state index is 0.113. The Bertz CT molecular complexity index is 611. The van der Waals surface area contributed by atoms with Crippen molar-refractivity contribution in [3.05, 3.63) is 34.7 Å². The van der Waals surface area contributed by atoms with Crippen LogP contribution in [0.1, 0.15) is 11.1 Å². The second kappa shape index (κ2) is 4.16. The van der Waals surface area contributed by atoms with E-state index in [9.17, 15) is 8.42 Å². The molecule has 16 heavy (non-hydrogen) atoms. The van der Waals surface area contributed by atoms with Gasteiger partial charge in [0.05, 0.1) is 12.9 Å². The molecule has 2 aromatic rings. The third kappa shape index (κ3) is 2.42. The molecule has 5 heteroatoms. The summed E-state index contributed by atoms with van der Waals surface area (Å²) in [5.41, 5.74) is 2.13. The molecule has 0 aliphatic rings. The number of hydrogen-bond donors (Lipinski definition) is 0. The smallest absolute Gasteiger partial charge is 0.264 e. The number of thiophene rings is 1. The maximum absolute atomic E-state index is 10.9. The molecule has 0 fully saturated rings. The maximum atomic E-state index is 10.9. The van der Waals surface area contributed by atoms with Crippen molar-refractivity contribution in [2.45, 2.75) is 13.5 Å². The summed E-state index contributed by atoms with van der Waals surface area (Å²) in [4.78, 5) is 0. The molecule has 0 saturated heterocycles. The average Bonchev–Trinajstić information content (AvgIpc) is 2.58. The first-order valence-corrected chi connectivity index (χ1v) is 7.47. The predicted molar refractivity (Wildman–Crippen MR) is 66.2 cm³/mol. The van der Waals surface area contributed by atoms with Gasteiger partial charge in [-0.2, -0.15) is 8.42 Å². The number of aryl methyl sites for hydroxylation is 1. The molecule has 0 spiro atoms. The highest BCUT2D eigenvalue weighted by atomic mass is 32.2. The van der Waals surface area contributed by atoms with E-state index in [2.05, 4.69) is 0 Å². The Balaban J connectivity index is 2.36. The van der Waals surface area contributed by atoms with Gasteiger partial charge in [-0.15, -0.1) is 11.3 Å². The maximum Gasteiger partial charge on any atom is 0.264 e. The zero-order valence-electron chi connectivity index (χ0n) is 9.06. The lowest BCUT2D eigenvalue weighted by molar-refractivity contribution is 0.313. The van der Waals surface area contributed by atoms with Crippen LogP contribution in [0.25, 0.3) is 10.1 Å². The molecule has 2 rings (SSSR count). The lowest BCUT2D eigenvalue weighted by Gasteiger charge is -2.00. The van der Waals surface area contributed by atoms with Crippen molar-refractivity contribution in [3.8, 4) is 0 Å². The largest absolute Gasteiger partial charge is 0.265 e. The molecule has 1 aromatic heterocycles. The van der Waals surface area contributed by atoms with Crippen LogP contribution in [-0.4, -0.2) is 14.7 Å². The Labute approximate surface area is 98.8 Å². The Kier molecular flexibility index (Phi) is 3.01. The summed E-state index contributed by atoms with van der Waals surface area (Å²) in [7, 11) is -3.37. The van der Waals surface area contributed by atoms with E-state index >= 15 is 0 Å². The van der Waals surface area contributed by atoms with E-state index in [1.54, 1.807) is 11.3 Å². The highest BCUT2D eigenvalue weighted by Crippen LogP contribution is 2.29. The minimum Gasteiger partial charge on any atom is -0.265 e. The van der Waals surface area contributed by atoms with Crippen LogP contribution in [0.2, 0.25) is 0 Å². The van der Waals surface area contributed by atoms with Gasteiger partial charge in [-0.1, -0.05) is 18.2 Å². The first-order chi connectivity index (χ1) is 7.47. The van der Waals surface area contributed by atoms with Crippen LogP contribution >= 0.6 is 11.3 Å². The molecule has 1 aromatic carbocycles. The molecule has 0 saturated carbocycles. The molecule has 0 bridgehead atoms. The second-order valence-corrected chi connectivity index (χ2v) is 6.20. The third-order valence-corrected chi connectivity index (χ3v) is 4.03. The van der Waals surface area contributed by atoms with Crippen molar-refractivity contribution >= 4 is 31.5 Å². The van der Waals surface area contributed by atoms with Gasteiger partial charge >= 0.3 is 0 Å². The molecule has 0 aliphatic heterocycles. The fourth-order valence-corrected chi connectivity index (χ4v) is 2.91. The molecule has 0 aliphatic carbocycles. The number of fused-ring (bicyclic) bond motifs is 1. The second-order valence-electron chi connectivity index (χ2n) is 3.68. The Morgan fingerprint density at radius 3 is 2.81 bits per heavy atom. The van der Waals surface area contributed by atoms with Gasteiger partial charge in [0.25, 0.3) is 10.1 Å². The summed E-state index contributed by atoms with van der Waals surface area (Å²) in [6, 6.07) is 5.99. The van der Waals surface area contributed by atoms with Gasteiger partial charge in [-0.05, 0) is 28.8 Å². The molecule has 86 valence electrons. The zero-order chi connectivity index (χ0) is 11.8. The number of benzene rings is 1. The highest BCUT2D eigenvalue weighted by molar-refractivity contribution is 7.85. The monoisotopic (exact) mass is 256 g/mol. The standard InChI is InChI=1S/C11H12O3S2/c1-8-4-3-5-10-9(7-15-11(8)10)6-14-16(2,12)13/h3-5,7H,6H2,1-2H3. The molecule has 0 amide bonds. The fraction of sp³-hybridized carbons (Fsp3) is 0.273. The Hall–Kier alpha value is -0.910. The van der Waals surface area contributed by atoms with Crippen LogP contribution in [0, 0.1) is 6.92 Å². The molecule has 1 heterocycles. The first kappa shape index (κ1) is 11.6. The van der Waals surface area contributed by atoms with Crippen LogP contribution in [-0.2, 0) is 20.9 Å². The van der Waals surface area contributed by atoms with Crippen molar-refractivity contribution in [1.29, 1.82) is 0 Å². The summed E-state index contributed by atoms with van der Waals surface area (Å²) < 4.78 is 27.8. The van der Waals surface area contributed by atoms with Gasteiger partial charge in [0.1, 0.15) is 0 Å². The van der Waals surface area contributed by atoms with E-state index in [1.165, 1.54) is 10.3 Å². The van der Waals surface area contributed by atoms with Crippen molar-refractivity contribution < 1.29 is 12.6 Å². The van der Waals surface area contributed by atoms with Gasteiger partial charge < -0.3 is 0 Å². The molecule has 0 atom stereocenters. The minimum atomic E-state index is -3.37. The summed E-state index contributed by atoms with van der Waals surface area (Å²) in [5, 5.41) is 3.02. The normalized spacial score (nSPS) is 12.1. The van der Waals surface area contributed by atoms with Crippen LogP contribution in [0.15, 0.2) is 23.6 Å². The molecule has 0 radical (unpaired) electrons. The molecular formula is C11H12O3S2. The molecule has 3 nitrogen and oxygen atoms in total. The van der Waals surface area contributed by atoms with Gasteiger partial charge in [0.15, 0.2) is 0 Å². The van der Waals surface area contributed by atoms with E-state index in [-0.39, 0.29) is 6.61 Å². The SMILES string of the molecule is Cc1cccc2c(COS(C)(=O)=O)csc12. The van der Waals surface area contributed by atoms with Crippen molar-refractivity contribution in [1.82, 2.24) is 0 Å². The Morgan fingerprint density at radius 1 is 1.38 bits per heavy atom. The van der Waals surface area contributed by atoms with E-state index < -0.39 is 10.1 Å². The number of hydrogen-bond acceptors (Lipinski definition) is 4. The molecule has 0 unspecified atom stereocenters. The quantitative estimate of drug-likeness (QED) is 0.793. The highest BCUT2D eigenvalue weighted by Gasteiger charge is 2.08. The van der Waals surface area contributed by atoms with Gasteiger partial charge in [0, 0.05) is 4.70 Å². The van der Waals surface area contributed by atoms with E-state index in [0.717, 1.165) is 17.2 Å². The topological polar surface area (TPSA) is 43.4 Å². The summed E-state index contributed by atoms with van der Waals surface area (Å²) in [6.45, 7) is 2.16. The molecular weight excluding hydrogens is 244 g/mol. The lowest BCUT2D eigenvalue weighted by atomic mass is 10.1. The van der Waals surface area contributed by atoms with Crippen molar-refractivity contribution in [3.63, 3.8) is 0 Å². The van der Waals surface area contributed by atoms with Gasteiger partial charge in [-0.25, -0.2) is 0 Å². The summed E-state index contributed by atoms with van der Waals surface area (Å²) >= 11 is 1.62. The van der Waals surface area contributed by atoms with Gasteiger partial charge in [0.2, 0.25) is 0 Å². The summed E-state index contributed by atoms with van der Waals surface area (Å²) in [5.74, 6) is 0. The van der Waals surface area contributed by atoms with Crippen molar-refractivity contribution in [2.24, 2.45) is 0 Å². The van der Waals surface area contributed by atoms with Crippen molar-refractivity contribution in [2.75, 3.05) is 6.26 Å². The summed E-state index contributed by atoms with van der Waals surface area (Å²) in [6.07, 6.45) is 1.06. The predicted octanol–water partition coefficient (Wildman–Crippen LogP) is 2.69. The van der Waals surface area contributed by atoms with E-state index in [4.69, 9.17) is 4.18 Å². The zero-order valence-corrected chi connectivity index (χ0v) is 10.7. The van der Waals surface area contributed by atoms with Crippen LogP contribution in [0.4, 0.5) is 0 Å². The lowest BCUT2D eigenvalue weighted by Crippen LogP contribution is -2.02. The average molecular weight is 256 g/mol. The number of rotatable bonds is 3. The fourth-order valence-electron chi connectivity index (χ4n) is 1.54. The third-order valence-electron chi connectivity index (χ3n) is 2.31. The van der Waals surface area contributed by atoms with Crippen LogP contribution < -0.4 is 0 Å². The van der Waals surface area contributed by atoms with Crippen LogP contribution in [0.5, 0.6) is 0 Å². The van der Waals surface area contributed by atoms with E-state index in [1.807, 2.05) is 30.5 Å². The molecule has 0 N–H and O–H groups in total. The Morgan fingerprint density at radius 2 is 2.12 bits per heavy atom. The van der Waals surface area contributed by atoms with Gasteiger partial charge in [-0.3, -0.25) is 4.18 Å². The first-order valence-electron chi connectivity index (χ1n) is 4.77.